The number of anilines is 4. The topological polar surface area (TPSA) is 105 Å². The molecule has 0 aliphatic carbocycles. The van der Waals surface area contributed by atoms with Crippen molar-refractivity contribution < 1.29 is 4.79 Å². The van der Waals surface area contributed by atoms with Gasteiger partial charge in [-0.2, -0.15) is 0 Å². The van der Waals surface area contributed by atoms with Gasteiger partial charge in [0.2, 0.25) is 11.0 Å². The van der Waals surface area contributed by atoms with E-state index in [9.17, 15) is 4.79 Å². The van der Waals surface area contributed by atoms with Crippen LogP contribution in [0.1, 0.15) is 11.9 Å². The Balaban J connectivity index is 1.95. The van der Waals surface area contributed by atoms with Gasteiger partial charge in [0.1, 0.15) is 23.1 Å². The van der Waals surface area contributed by atoms with E-state index in [1.54, 1.807) is 6.92 Å². The van der Waals surface area contributed by atoms with E-state index in [1.807, 2.05) is 6.92 Å². The third kappa shape index (κ3) is 2.19. The largest absolute Gasteiger partial charge is 0.357 e. The smallest absolute Gasteiger partial charge is 0.246 e. The van der Waals surface area contributed by atoms with Gasteiger partial charge in [-0.15, -0.1) is 10.2 Å². The summed E-state index contributed by atoms with van der Waals surface area (Å²) in [7, 11) is 0. The van der Waals surface area contributed by atoms with Gasteiger partial charge in [0.25, 0.3) is 0 Å². The van der Waals surface area contributed by atoms with E-state index in [1.165, 1.54) is 17.7 Å². The Labute approximate surface area is 112 Å². The number of nitrogens with one attached hydrogen (secondary N) is 3. The summed E-state index contributed by atoms with van der Waals surface area (Å²) in [5.74, 6) is 0.957. The van der Waals surface area contributed by atoms with Gasteiger partial charge in [0.15, 0.2) is 11.6 Å². The SMILES string of the molecule is Cc1nnc(Nc2ncnc3c2NC(=O)C(C)N3)s1. The molecule has 3 N–H and O–H groups in total. The molecule has 9 heteroatoms. The molecule has 0 saturated heterocycles. The average Bonchev–Trinajstić information content (AvgIpc) is 2.77. The number of nitrogens with zero attached hydrogens (tertiary/aromatic N) is 4. The van der Waals surface area contributed by atoms with Crippen molar-refractivity contribution in [1.82, 2.24) is 20.2 Å². The highest BCUT2D eigenvalue weighted by atomic mass is 32.1. The molecule has 3 heterocycles. The lowest BCUT2D eigenvalue weighted by molar-refractivity contribution is -0.116. The van der Waals surface area contributed by atoms with Gasteiger partial charge in [0.05, 0.1) is 0 Å². The van der Waals surface area contributed by atoms with Crippen LogP contribution in [-0.2, 0) is 4.79 Å². The van der Waals surface area contributed by atoms with Gasteiger partial charge in [0, 0.05) is 0 Å². The van der Waals surface area contributed by atoms with Crippen LogP contribution in [0.4, 0.5) is 22.5 Å². The van der Waals surface area contributed by atoms with Gasteiger partial charge in [-0.05, 0) is 13.8 Å². The molecule has 1 amide bonds. The number of fused-ring (bicyclic) bond motifs is 1. The molecule has 2 aromatic rings. The fourth-order valence-corrected chi connectivity index (χ4v) is 2.25. The van der Waals surface area contributed by atoms with Crippen molar-refractivity contribution in [2.45, 2.75) is 19.9 Å². The summed E-state index contributed by atoms with van der Waals surface area (Å²) in [6.45, 7) is 3.63. The molecule has 1 aliphatic rings. The second kappa shape index (κ2) is 4.43. The van der Waals surface area contributed by atoms with Crippen LogP contribution in [0.25, 0.3) is 0 Å². The molecule has 0 radical (unpaired) electrons. The molecule has 3 rings (SSSR count). The minimum Gasteiger partial charge on any atom is -0.357 e. The standard InChI is InChI=1S/C10H11N7OS/c1-4-9(18)14-6-7(13-4)11-3-12-8(6)15-10-17-16-5(2)19-10/h3-4H,1-2H3,(H,14,18)(H2,11,12,13,15,17). The number of carbonyl (C=O) groups excluding carboxylic acids is 1. The fourth-order valence-electron chi connectivity index (χ4n) is 1.66. The lowest BCUT2D eigenvalue weighted by Gasteiger charge is -2.24. The highest BCUT2D eigenvalue weighted by Gasteiger charge is 2.25. The molecule has 0 bridgehead atoms. The van der Waals surface area contributed by atoms with E-state index in [-0.39, 0.29) is 11.9 Å². The van der Waals surface area contributed by atoms with E-state index in [2.05, 4.69) is 36.1 Å². The highest BCUT2D eigenvalue weighted by Crippen LogP contribution is 2.32. The van der Waals surface area contributed by atoms with Crippen molar-refractivity contribution in [1.29, 1.82) is 0 Å². The first-order chi connectivity index (χ1) is 9.13. The van der Waals surface area contributed by atoms with Crippen LogP contribution in [0.5, 0.6) is 0 Å². The normalized spacial score (nSPS) is 17.4. The van der Waals surface area contributed by atoms with Crippen LogP contribution < -0.4 is 16.0 Å². The quantitative estimate of drug-likeness (QED) is 0.755. The third-order valence-corrected chi connectivity index (χ3v) is 3.35. The number of rotatable bonds is 2. The number of aromatic nitrogens is 4. The van der Waals surface area contributed by atoms with E-state index in [4.69, 9.17) is 0 Å². The third-order valence-electron chi connectivity index (χ3n) is 2.59. The molecule has 2 aromatic heterocycles. The molecular formula is C10H11N7OS. The van der Waals surface area contributed by atoms with Crippen LogP contribution in [0.2, 0.25) is 0 Å². The Morgan fingerprint density at radius 1 is 1.37 bits per heavy atom. The first-order valence-corrected chi connectivity index (χ1v) is 6.44. The minimum absolute atomic E-state index is 0.126. The number of carbonyl (C=O) groups is 1. The van der Waals surface area contributed by atoms with Crippen LogP contribution in [0.3, 0.4) is 0 Å². The first-order valence-electron chi connectivity index (χ1n) is 5.63. The highest BCUT2D eigenvalue weighted by molar-refractivity contribution is 7.15. The second-order valence-corrected chi connectivity index (χ2v) is 5.23. The van der Waals surface area contributed by atoms with Gasteiger partial charge in [-0.25, -0.2) is 9.97 Å². The Hall–Kier alpha value is -2.29. The van der Waals surface area contributed by atoms with Crippen molar-refractivity contribution in [2.24, 2.45) is 0 Å². The maximum Gasteiger partial charge on any atom is 0.246 e. The molecule has 19 heavy (non-hydrogen) atoms. The predicted molar refractivity (Wildman–Crippen MR) is 71.7 cm³/mol. The van der Waals surface area contributed by atoms with E-state index >= 15 is 0 Å². The summed E-state index contributed by atoms with van der Waals surface area (Å²) in [5, 5.41) is 18.1. The molecule has 1 unspecified atom stereocenters. The molecule has 0 spiro atoms. The van der Waals surface area contributed by atoms with Crippen LogP contribution >= 0.6 is 11.3 Å². The van der Waals surface area contributed by atoms with Crippen LogP contribution in [0.15, 0.2) is 6.33 Å². The van der Waals surface area contributed by atoms with Crippen molar-refractivity contribution in [3.8, 4) is 0 Å². The number of aryl methyl sites for hydroxylation is 1. The molecule has 8 nitrogen and oxygen atoms in total. The Morgan fingerprint density at radius 2 is 2.21 bits per heavy atom. The molecule has 98 valence electrons. The zero-order chi connectivity index (χ0) is 13.4. The summed E-state index contributed by atoms with van der Waals surface area (Å²) >= 11 is 1.41. The average molecular weight is 277 g/mol. The Kier molecular flexibility index (Phi) is 2.75. The predicted octanol–water partition coefficient (Wildman–Crippen LogP) is 1.13. The van der Waals surface area contributed by atoms with Crippen molar-refractivity contribution >= 4 is 39.7 Å². The number of hydrogen-bond acceptors (Lipinski definition) is 8. The molecule has 0 aromatic carbocycles. The first kappa shape index (κ1) is 11.8. The Morgan fingerprint density at radius 3 is 2.95 bits per heavy atom. The maximum absolute atomic E-state index is 11.7. The van der Waals surface area contributed by atoms with Gasteiger partial charge < -0.3 is 16.0 Å². The van der Waals surface area contributed by atoms with Gasteiger partial charge >= 0.3 is 0 Å². The van der Waals surface area contributed by atoms with E-state index in [0.717, 1.165) is 5.01 Å². The van der Waals surface area contributed by atoms with Crippen LogP contribution in [0, 0.1) is 6.92 Å². The fraction of sp³-hybridized carbons (Fsp3) is 0.300. The van der Waals surface area contributed by atoms with Crippen molar-refractivity contribution in [3.05, 3.63) is 11.3 Å². The monoisotopic (exact) mass is 277 g/mol. The van der Waals surface area contributed by atoms with Gasteiger partial charge in [-0.1, -0.05) is 11.3 Å². The molecule has 1 atom stereocenters. The number of hydrogen-bond donors (Lipinski definition) is 3. The summed E-state index contributed by atoms with van der Waals surface area (Å²) in [6.07, 6.45) is 1.42. The van der Waals surface area contributed by atoms with Crippen molar-refractivity contribution in [2.75, 3.05) is 16.0 Å². The zero-order valence-electron chi connectivity index (χ0n) is 10.3. The second-order valence-electron chi connectivity index (χ2n) is 4.05. The van der Waals surface area contributed by atoms with Crippen molar-refractivity contribution in [3.63, 3.8) is 0 Å². The molecular weight excluding hydrogens is 266 g/mol. The van der Waals surface area contributed by atoms with Gasteiger partial charge in [-0.3, -0.25) is 4.79 Å². The summed E-state index contributed by atoms with van der Waals surface area (Å²) < 4.78 is 0. The maximum atomic E-state index is 11.7. The molecule has 0 fully saturated rings. The Bertz CT molecular complexity index is 641. The minimum atomic E-state index is -0.320. The lowest BCUT2D eigenvalue weighted by atomic mass is 10.2. The summed E-state index contributed by atoms with van der Waals surface area (Å²) in [6, 6.07) is -0.320. The summed E-state index contributed by atoms with van der Waals surface area (Å²) in [5.41, 5.74) is 0.526. The van der Waals surface area contributed by atoms with E-state index < -0.39 is 0 Å². The van der Waals surface area contributed by atoms with E-state index in [0.29, 0.717) is 22.5 Å². The number of amides is 1. The molecule has 1 aliphatic heterocycles. The lowest BCUT2D eigenvalue weighted by Crippen LogP contribution is -2.37. The van der Waals surface area contributed by atoms with Crippen LogP contribution in [-0.4, -0.2) is 32.1 Å². The summed E-state index contributed by atoms with van der Waals surface area (Å²) in [4.78, 5) is 19.9. The zero-order valence-corrected chi connectivity index (χ0v) is 11.1. The molecule has 0 saturated carbocycles.